The molecule has 2 N–H and O–H groups in total. The molecule has 2 aromatic heterocycles. The Balaban J connectivity index is 1.80. The van der Waals surface area contributed by atoms with E-state index in [2.05, 4.69) is 16.4 Å². The van der Waals surface area contributed by atoms with Crippen LogP contribution in [0.2, 0.25) is 0 Å². The number of fused-ring (bicyclic) bond motifs is 1. The van der Waals surface area contributed by atoms with Gasteiger partial charge in [-0.25, -0.2) is 9.78 Å². The van der Waals surface area contributed by atoms with Gasteiger partial charge in [0.2, 0.25) is 5.91 Å². The van der Waals surface area contributed by atoms with Gasteiger partial charge in [-0.1, -0.05) is 6.07 Å². The van der Waals surface area contributed by atoms with Crippen LogP contribution in [0.15, 0.2) is 48.7 Å². The molecule has 9 heteroatoms. The van der Waals surface area contributed by atoms with Crippen LogP contribution < -0.4 is 10.2 Å². The van der Waals surface area contributed by atoms with Gasteiger partial charge < -0.3 is 20.2 Å². The standard InChI is InChI=1S/C28H30N6O3/c1-16-12-24(31-26-11-6-19(14-29)15-30-26)22-13-20(7-10-25(22)34(16)18(3)35)23-9-8-21(28(36)37)27(32-23)17(2)33(4)5/h6-11,13,15-17,24H,12H2,1-5H3,(H,30,31)(H,36,37)/t16-,17?,24-/m1/s1. The van der Waals surface area contributed by atoms with Crippen LogP contribution in [0, 0.1) is 11.3 Å². The molecular weight excluding hydrogens is 468 g/mol. The predicted octanol–water partition coefficient (Wildman–Crippen LogP) is 4.63. The number of carbonyl (C=O) groups is 2. The van der Waals surface area contributed by atoms with Crippen LogP contribution in [0.4, 0.5) is 11.5 Å². The quantitative estimate of drug-likeness (QED) is 0.504. The molecule has 37 heavy (non-hydrogen) atoms. The molecule has 1 aliphatic heterocycles. The molecule has 0 saturated carbocycles. The minimum Gasteiger partial charge on any atom is -0.478 e. The van der Waals surface area contributed by atoms with Crippen LogP contribution in [0.1, 0.15) is 66.5 Å². The van der Waals surface area contributed by atoms with E-state index >= 15 is 0 Å². The van der Waals surface area contributed by atoms with E-state index in [1.807, 2.05) is 51.0 Å². The van der Waals surface area contributed by atoms with Gasteiger partial charge in [0.1, 0.15) is 11.9 Å². The van der Waals surface area contributed by atoms with Gasteiger partial charge in [0.05, 0.1) is 28.6 Å². The number of aromatic nitrogens is 2. The minimum absolute atomic E-state index is 0.0350. The summed E-state index contributed by atoms with van der Waals surface area (Å²) in [7, 11) is 3.77. The summed E-state index contributed by atoms with van der Waals surface area (Å²) in [4.78, 5) is 37.2. The first-order chi connectivity index (χ1) is 17.6. The Bertz CT molecular complexity index is 1380. The van der Waals surface area contributed by atoms with Crippen molar-refractivity contribution >= 4 is 23.4 Å². The lowest BCUT2D eigenvalue weighted by Crippen LogP contribution is -2.43. The molecule has 1 unspecified atom stereocenters. The average molecular weight is 499 g/mol. The summed E-state index contributed by atoms with van der Waals surface area (Å²) in [5.74, 6) is -0.421. The molecule has 1 amide bonds. The SMILES string of the molecule is CC(=O)N1c2ccc(-c3ccc(C(=O)O)c(C(C)N(C)C)n3)cc2[C@H](Nc2ccc(C#N)cn2)C[C@H]1C. The van der Waals surface area contributed by atoms with Gasteiger partial charge >= 0.3 is 5.97 Å². The number of nitriles is 1. The maximum atomic E-state index is 12.5. The molecule has 0 spiro atoms. The lowest BCUT2D eigenvalue weighted by atomic mass is 9.89. The molecule has 0 radical (unpaired) electrons. The largest absolute Gasteiger partial charge is 0.478 e. The summed E-state index contributed by atoms with van der Waals surface area (Å²) in [5, 5.41) is 22.2. The van der Waals surface area contributed by atoms with Crippen LogP contribution in [0.3, 0.4) is 0 Å². The van der Waals surface area contributed by atoms with Crippen molar-refractivity contribution in [3.8, 4) is 17.3 Å². The molecule has 9 nitrogen and oxygen atoms in total. The number of hydrogen-bond acceptors (Lipinski definition) is 7. The fraction of sp³-hybridized carbons (Fsp3) is 0.321. The number of anilines is 2. The van der Waals surface area contributed by atoms with Crippen LogP contribution in [-0.4, -0.2) is 52.0 Å². The number of rotatable bonds is 6. The fourth-order valence-electron chi connectivity index (χ4n) is 4.74. The molecule has 4 rings (SSSR count). The molecule has 1 aromatic carbocycles. The topological polar surface area (TPSA) is 122 Å². The third-order valence-corrected chi connectivity index (χ3v) is 6.86. The Labute approximate surface area is 216 Å². The summed E-state index contributed by atoms with van der Waals surface area (Å²) in [5.41, 5.74) is 4.34. The zero-order valence-electron chi connectivity index (χ0n) is 21.6. The number of carboxylic acid groups (broad SMARTS) is 1. The molecule has 3 atom stereocenters. The van der Waals surface area contributed by atoms with Crippen molar-refractivity contribution in [2.24, 2.45) is 0 Å². The molecular formula is C28H30N6O3. The second-order valence-electron chi connectivity index (χ2n) is 9.56. The van der Waals surface area contributed by atoms with Crippen molar-refractivity contribution in [3.05, 3.63) is 71.0 Å². The summed E-state index contributed by atoms with van der Waals surface area (Å²) >= 11 is 0. The summed E-state index contributed by atoms with van der Waals surface area (Å²) in [6.45, 7) is 5.49. The third-order valence-electron chi connectivity index (χ3n) is 6.86. The number of aromatic carboxylic acids is 1. The maximum absolute atomic E-state index is 12.5. The Morgan fingerprint density at radius 1 is 1.22 bits per heavy atom. The first-order valence-electron chi connectivity index (χ1n) is 12.1. The van der Waals surface area contributed by atoms with E-state index in [-0.39, 0.29) is 29.6 Å². The number of carbonyl (C=O) groups excluding carboxylic acids is 1. The number of benzene rings is 1. The van der Waals surface area contributed by atoms with Gasteiger partial charge in [0.15, 0.2) is 0 Å². The monoisotopic (exact) mass is 498 g/mol. The molecule has 3 aromatic rings. The highest BCUT2D eigenvalue weighted by Crippen LogP contribution is 2.41. The van der Waals surface area contributed by atoms with Gasteiger partial charge in [-0.2, -0.15) is 5.26 Å². The Morgan fingerprint density at radius 3 is 2.57 bits per heavy atom. The van der Waals surface area contributed by atoms with E-state index < -0.39 is 5.97 Å². The maximum Gasteiger partial charge on any atom is 0.337 e. The number of nitrogens with one attached hydrogen (secondary N) is 1. The highest BCUT2D eigenvalue weighted by atomic mass is 16.4. The van der Waals surface area contributed by atoms with E-state index in [0.717, 1.165) is 16.8 Å². The number of pyridine rings is 2. The van der Waals surface area contributed by atoms with Crippen LogP contribution in [0.5, 0.6) is 0 Å². The van der Waals surface area contributed by atoms with Gasteiger partial charge in [0.25, 0.3) is 0 Å². The number of nitrogens with zero attached hydrogens (tertiary/aromatic N) is 5. The van der Waals surface area contributed by atoms with Crippen molar-refractivity contribution < 1.29 is 14.7 Å². The van der Waals surface area contributed by atoms with Crippen LogP contribution >= 0.6 is 0 Å². The highest BCUT2D eigenvalue weighted by Gasteiger charge is 2.33. The molecule has 0 saturated heterocycles. The van der Waals surface area contributed by atoms with Crippen molar-refractivity contribution in [2.75, 3.05) is 24.3 Å². The Hall–Kier alpha value is -4.29. The average Bonchev–Trinajstić information content (AvgIpc) is 2.87. The van der Waals surface area contributed by atoms with E-state index in [1.165, 1.54) is 6.20 Å². The van der Waals surface area contributed by atoms with Gasteiger partial charge in [0, 0.05) is 36.5 Å². The van der Waals surface area contributed by atoms with E-state index in [0.29, 0.717) is 29.2 Å². The van der Waals surface area contributed by atoms with Crippen LogP contribution in [-0.2, 0) is 4.79 Å². The molecule has 0 bridgehead atoms. The van der Waals surface area contributed by atoms with Gasteiger partial charge in [-0.15, -0.1) is 0 Å². The fourth-order valence-corrected chi connectivity index (χ4v) is 4.74. The van der Waals surface area contributed by atoms with Crippen molar-refractivity contribution in [1.29, 1.82) is 5.26 Å². The summed E-state index contributed by atoms with van der Waals surface area (Å²) < 4.78 is 0. The lowest BCUT2D eigenvalue weighted by molar-refractivity contribution is -0.117. The third kappa shape index (κ3) is 5.15. The Morgan fingerprint density at radius 2 is 1.97 bits per heavy atom. The minimum atomic E-state index is -1.02. The number of hydrogen-bond donors (Lipinski definition) is 2. The zero-order valence-corrected chi connectivity index (χ0v) is 21.6. The van der Waals surface area contributed by atoms with Crippen molar-refractivity contribution in [2.45, 2.75) is 45.3 Å². The highest BCUT2D eigenvalue weighted by molar-refractivity contribution is 5.94. The molecule has 0 fully saturated rings. The summed E-state index contributed by atoms with van der Waals surface area (Å²) in [6, 6.07) is 14.3. The lowest BCUT2D eigenvalue weighted by Gasteiger charge is -2.39. The summed E-state index contributed by atoms with van der Waals surface area (Å²) in [6.07, 6.45) is 2.18. The normalized spacial score (nSPS) is 17.6. The first kappa shape index (κ1) is 25.8. The van der Waals surface area contributed by atoms with E-state index in [4.69, 9.17) is 10.2 Å². The molecule has 3 heterocycles. The second kappa shape index (κ2) is 10.4. The van der Waals surface area contributed by atoms with Crippen LogP contribution in [0.25, 0.3) is 11.3 Å². The zero-order chi connectivity index (χ0) is 26.9. The number of amides is 1. The van der Waals surface area contributed by atoms with E-state index in [9.17, 15) is 14.7 Å². The van der Waals surface area contributed by atoms with E-state index in [1.54, 1.807) is 36.1 Å². The molecule has 190 valence electrons. The second-order valence-corrected chi connectivity index (χ2v) is 9.56. The predicted molar refractivity (Wildman–Crippen MR) is 141 cm³/mol. The van der Waals surface area contributed by atoms with Gasteiger partial charge in [-0.05, 0) is 76.3 Å². The molecule has 0 aliphatic carbocycles. The molecule has 1 aliphatic rings. The van der Waals surface area contributed by atoms with Gasteiger partial charge in [-0.3, -0.25) is 9.78 Å². The van der Waals surface area contributed by atoms with Crippen molar-refractivity contribution in [3.63, 3.8) is 0 Å². The smallest absolute Gasteiger partial charge is 0.337 e. The van der Waals surface area contributed by atoms with Crippen molar-refractivity contribution in [1.82, 2.24) is 14.9 Å². The first-order valence-corrected chi connectivity index (χ1v) is 12.1. The number of carboxylic acids is 1. The Kier molecular flexibility index (Phi) is 7.23.